The van der Waals surface area contributed by atoms with E-state index < -0.39 is 11.1 Å². The number of nitrogens with zero attached hydrogens (tertiary/aromatic N) is 4. The highest BCUT2D eigenvalue weighted by molar-refractivity contribution is 6.30. The van der Waals surface area contributed by atoms with E-state index in [9.17, 15) is 14.4 Å². The summed E-state index contributed by atoms with van der Waals surface area (Å²) in [6.45, 7) is 2.57. The Balaban J connectivity index is 1.47. The molecule has 5 rings (SSSR count). The fourth-order valence-electron chi connectivity index (χ4n) is 4.25. The van der Waals surface area contributed by atoms with Gasteiger partial charge in [0.25, 0.3) is 5.91 Å². The van der Waals surface area contributed by atoms with Crippen molar-refractivity contribution in [1.29, 1.82) is 0 Å². The SMILES string of the molecule is O=C(c1ccc(Cn2c(=O)c(=O)n(Cc3cccc(Cl)c3)c3cccnc32)cc1)N1CCOCC1. The highest BCUT2D eigenvalue weighted by atomic mass is 35.5. The zero-order valence-electron chi connectivity index (χ0n) is 18.9. The van der Waals surface area contributed by atoms with Crippen molar-refractivity contribution in [2.24, 2.45) is 0 Å². The van der Waals surface area contributed by atoms with Gasteiger partial charge in [-0.05, 0) is 47.5 Å². The fraction of sp³-hybridized carbons (Fsp3) is 0.231. The van der Waals surface area contributed by atoms with Crippen LogP contribution >= 0.6 is 11.6 Å². The maximum Gasteiger partial charge on any atom is 0.318 e. The highest BCUT2D eigenvalue weighted by Crippen LogP contribution is 2.16. The first-order valence-corrected chi connectivity index (χ1v) is 11.7. The summed E-state index contributed by atoms with van der Waals surface area (Å²) < 4.78 is 8.12. The van der Waals surface area contributed by atoms with Gasteiger partial charge in [-0.25, -0.2) is 4.98 Å². The molecule has 0 N–H and O–H groups in total. The summed E-state index contributed by atoms with van der Waals surface area (Å²) in [5, 5.41) is 0.557. The first-order valence-electron chi connectivity index (χ1n) is 11.3. The summed E-state index contributed by atoms with van der Waals surface area (Å²) in [6.07, 6.45) is 1.59. The minimum Gasteiger partial charge on any atom is -0.378 e. The Morgan fingerprint density at radius 2 is 1.60 bits per heavy atom. The van der Waals surface area contributed by atoms with E-state index in [1.807, 2.05) is 6.07 Å². The lowest BCUT2D eigenvalue weighted by molar-refractivity contribution is 0.0303. The van der Waals surface area contributed by atoms with Gasteiger partial charge in [-0.2, -0.15) is 0 Å². The number of ether oxygens (including phenoxy) is 1. The Morgan fingerprint density at radius 1 is 0.886 bits per heavy atom. The van der Waals surface area contributed by atoms with E-state index in [1.165, 1.54) is 9.13 Å². The van der Waals surface area contributed by atoms with E-state index in [1.54, 1.807) is 65.7 Å². The lowest BCUT2D eigenvalue weighted by Crippen LogP contribution is -2.42. The standard InChI is InChI=1S/C26H23ClN4O4/c27-21-4-1-3-19(15-21)17-30-22-5-2-10-28-23(22)31(26(34)25(30)33)16-18-6-8-20(9-7-18)24(32)29-11-13-35-14-12-29/h1-10,15H,11-14,16-17H2. The number of pyridine rings is 1. The molecule has 0 saturated carbocycles. The van der Waals surface area contributed by atoms with Gasteiger partial charge in [0.05, 0.1) is 31.8 Å². The molecule has 1 fully saturated rings. The summed E-state index contributed by atoms with van der Waals surface area (Å²) in [5.41, 5.74) is 1.83. The third kappa shape index (κ3) is 4.76. The van der Waals surface area contributed by atoms with Crippen LogP contribution in [0, 0.1) is 0 Å². The molecule has 178 valence electrons. The molecule has 9 heteroatoms. The Kier molecular flexibility index (Phi) is 6.48. The maximum atomic E-state index is 13.1. The second-order valence-corrected chi connectivity index (χ2v) is 8.80. The minimum absolute atomic E-state index is 0.0484. The van der Waals surface area contributed by atoms with Crippen LogP contribution in [0.25, 0.3) is 11.2 Å². The van der Waals surface area contributed by atoms with Gasteiger partial charge in [-0.1, -0.05) is 35.9 Å². The third-order valence-corrected chi connectivity index (χ3v) is 6.29. The van der Waals surface area contributed by atoms with Crippen LogP contribution in [0.3, 0.4) is 0 Å². The topological polar surface area (TPSA) is 86.4 Å². The molecular formula is C26H23ClN4O4. The number of carbonyl (C=O) groups is 1. The van der Waals surface area contributed by atoms with E-state index in [2.05, 4.69) is 4.98 Å². The second kappa shape index (κ2) is 9.85. The first kappa shape index (κ1) is 23.0. The molecule has 1 aliphatic rings. The Hall–Kier alpha value is -3.75. The van der Waals surface area contributed by atoms with Crippen molar-refractivity contribution in [3.63, 3.8) is 0 Å². The van der Waals surface area contributed by atoms with Crippen molar-refractivity contribution >= 4 is 28.7 Å². The van der Waals surface area contributed by atoms with Crippen LogP contribution < -0.4 is 11.1 Å². The van der Waals surface area contributed by atoms with Crippen LogP contribution in [0.15, 0.2) is 76.4 Å². The van der Waals surface area contributed by atoms with E-state index >= 15 is 0 Å². The van der Waals surface area contributed by atoms with Crippen molar-refractivity contribution in [2.45, 2.75) is 13.1 Å². The predicted octanol–water partition coefficient (Wildman–Crippen LogP) is 2.78. The van der Waals surface area contributed by atoms with Crippen LogP contribution in [0.1, 0.15) is 21.5 Å². The van der Waals surface area contributed by atoms with Gasteiger partial charge in [0, 0.05) is 29.9 Å². The zero-order valence-corrected chi connectivity index (χ0v) is 19.6. The average molecular weight is 491 g/mol. The lowest BCUT2D eigenvalue weighted by atomic mass is 10.1. The van der Waals surface area contributed by atoms with Gasteiger partial charge in [0.1, 0.15) is 0 Å². The van der Waals surface area contributed by atoms with Crippen LogP contribution in [-0.2, 0) is 17.8 Å². The summed E-state index contributed by atoms with van der Waals surface area (Å²) in [5.74, 6) is -0.0484. The normalized spacial score (nSPS) is 13.8. The fourth-order valence-corrected chi connectivity index (χ4v) is 4.46. The lowest BCUT2D eigenvalue weighted by Gasteiger charge is -2.26. The van der Waals surface area contributed by atoms with Crippen LogP contribution in [-0.4, -0.2) is 51.2 Å². The molecule has 8 nitrogen and oxygen atoms in total. The molecule has 0 unspecified atom stereocenters. The average Bonchev–Trinajstić information content (AvgIpc) is 2.89. The zero-order chi connectivity index (χ0) is 24.4. The van der Waals surface area contributed by atoms with Crippen LogP contribution in [0.4, 0.5) is 0 Å². The number of aromatic nitrogens is 3. The quantitative estimate of drug-likeness (QED) is 0.401. The molecule has 1 aliphatic heterocycles. The highest BCUT2D eigenvalue weighted by Gasteiger charge is 2.19. The van der Waals surface area contributed by atoms with E-state index in [4.69, 9.17) is 16.3 Å². The number of hydrogen-bond donors (Lipinski definition) is 0. The van der Waals surface area contributed by atoms with Gasteiger partial charge in [0.15, 0.2) is 5.65 Å². The Bertz CT molecular complexity index is 1500. The number of fused-ring (bicyclic) bond motifs is 1. The molecule has 3 heterocycles. The van der Waals surface area contributed by atoms with Gasteiger partial charge in [-0.3, -0.25) is 23.5 Å². The van der Waals surface area contributed by atoms with Crippen LogP contribution in [0.5, 0.6) is 0 Å². The third-order valence-electron chi connectivity index (χ3n) is 6.06. The van der Waals surface area contributed by atoms with Crippen molar-refractivity contribution < 1.29 is 9.53 Å². The van der Waals surface area contributed by atoms with Crippen LogP contribution in [0.2, 0.25) is 5.02 Å². The number of hydrogen-bond acceptors (Lipinski definition) is 5. The number of morpholine rings is 1. The second-order valence-electron chi connectivity index (χ2n) is 8.36. The van der Waals surface area contributed by atoms with Gasteiger partial charge >= 0.3 is 11.1 Å². The van der Waals surface area contributed by atoms with Crippen molar-refractivity contribution in [3.05, 3.63) is 109 Å². The van der Waals surface area contributed by atoms with Crippen molar-refractivity contribution in [3.8, 4) is 0 Å². The molecule has 2 aromatic heterocycles. The molecule has 4 aromatic rings. The molecule has 0 atom stereocenters. The number of benzene rings is 2. The van der Waals surface area contributed by atoms with Gasteiger partial charge < -0.3 is 9.64 Å². The molecule has 0 spiro atoms. The molecule has 0 bridgehead atoms. The molecular weight excluding hydrogens is 468 g/mol. The van der Waals surface area contributed by atoms with E-state index in [0.29, 0.717) is 48.1 Å². The van der Waals surface area contributed by atoms with E-state index in [-0.39, 0.29) is 19.0 Å². The van der Waals surface area contributed by atoms with Crippen molar-refractivity contribution in [2.75, 3.05) is 26.3 Å². The minimum atomic E-state index is -0.660. The van der Waals surface area contributed by atoms with Gasteiger partial charge in [-0.15, -0.1) is 0 Å². The monoisotopic (exact) mass is 490 g/mol. The largest absolute Gasteiger partial charge is 0.378 e. The number of halogens is 1. The first-order chi connectivity index (χ1) is 17.0. The number of amides is 1. The van der Waals surface area contributed by atoms with E-state index in [0.717, 1.165) is 11.1 Å². The Morgan fingerprint density at radius 3 is 2.34 bits per heavy atom. The summed E-state index contributed by atoms with van der Waals surface area (Å²) in [6, 6.07) is 17.8. The molecule has 0 radical (unpaired) electrons. The smallest absolute Gasteiger partial charge is 0.318 e. The molecule has 1 amide bonds. The predicted molar refractivity (Wildman–Crippen MR) is 133 cm³/mol. The van der Waals surface area contributed by atoms with Crippen molar-refractivity contribution in [1.82, 2.24) is 19.0 Å². The summed E-state index contributed by atoms with van der Waals surface area (Å²) in [7, 11) is 0. The summed E-state index contributed by atoms with van der Waals surface area (Å²) >= 11 is 6.10. The molecule has 0 aliphatic carbocycles. The molecule has 35 heavy (non-hydrogen) atoms. The van der Waals surface area contributed by atoms with Gasteiger partial charge in [0.2, 0.25) is 0 Å². The molecule has 1 saturated heterocycles. The number of rotatable bonds is 5. The maximum absolute atomic E-state index is 13.1. The summed E-state index contributed by atoms with van der Waals surface area (Å²) in [4.78, 5) is 45.1. The number of carbonyl (C=O) groups excluding carboxylic acids is 1. The Labute approximate surface area is 206 Å². The molecule has 2 aromatic carbocycles.